The van der Waals surface area contributed by atoms with Crippen LogP contribution in [0.25, 0.3) is 0 Å². The summed E-state index contributed by atoms with van der Waals surface area (Å²) in [5.74, 6) is -5.82. The molecule has 0 radical (unpaired) electrons. The van der Waals surface area contributed by atoms with E-state index < -0.39 is 23.9 Å². The average molecular weight is 514 g/mol. The second-order valence-electron chi connectivity index (χ2n) is 8.33. The highest BCUT2D eigenvalue weighted by Gasteiger charge is 2.38. The number of hydrogen-bond donors (Lipinski definition) is 3. The van der Waals surface area contributed by atoms with E-state index in [1.54, 1.807) is 11.9 Å². The van der Waals surface area contributed by atoms with Crippen LogP contribution in [0.2, 0.25) is 0 Å². The molecule has 0 bridgehead atoms. The first-order valence-electron chi connectivity index (χ1n) is 10.9. The molecule has 1 aliphatic carbocycles. The number of ether oxygens (including phenoxy) is 1. The van der Waals surface area contributed by atoms with Gasteiger partial charge in [0.25, 0.3) is 0 Å². The maximum absolute atomic E-state index is 14.7. The topological polar surface area (TPSA) is 104 Å². The minimum absolute atomic E-state index is 0.0691. The number of nitrogens with zero attached hydrogens (tertiary/aromatic N) is 2. The number of methoxy groups -OCH3 is 1. The number of halogens is 6. The van der Waals surface area contributed by atoms with Gasteiger partial charge in [-0.15, -0.1) is 0 Å². The Hall–Kier alpha value is -2.77. The number of carboxylic acids is 1. The van der Waals surface area contributed by atoms with Crippen molar-refractivity contribution < 1.29 is 45.8 Å². The molecule has 2 fully saturated rings. The van der Waals surface area contributed by atoms with Crippen LogP contribution in [-0.4, -0.2) is 66.9 Å². The third-order valence-electron chi connectivity index (χ3n) is 5.83. The lowest BCUT2D eigenvalue weighted by Crippen LogP contribution is -2.40. The van der Waals surface area contributed by atoms with Crippen LogP contribution in [0.5, 0.6) is 5.88 Å². The number of rotatable bonds is 6. The SMILES string of the molecule is COc1nc(N(C)C2CCC(F)(F)CC2)c(F)cc1CNC(=O)[C@@H]1CCCN1.O=C(O)C(F)(F)F. The molecule has 1 aromatic rings. The van der Waals surface area contributed by atoms with Crippen molar-refractivity contribution in [1.82, 2.24) is 15.6 Å². The third kappa shape index (κ3) is 8.15. The van der Waals surface area contributed by atoms with Gasteiger partial charge in [-0.05, 0) is 38.3 Å². The molecule has 1 atom stereocenters. The van der Waals surface area contributed by atoms with Gasteiger partial charge in [-0.2, -0.15) is 18.2 Å². The summed E-state index contributed by atoms with van der Waals surface area (Å²) in [5, 5.41) is 13.0. The Morgan fingerprint density at radius 3 is 2.37 bits per heavy atom. The van der Waals surface area contributed by atoms with E-state index in [9.17, 15) is 31.1 Å². The maximum Gasteiger partial charge on any atom is 0.490 e. The number of aliphatic carboxylic acids is 1. The Morgan fingerprint density at radius 2 is 1.89 bits per heavy atom. The van der Waals surface area contributed by atoms with E-state index >= 15 is 0 Å². The van der Waals surface area contributed by atoms with Gasteiger partial charge < -0.3 is 25.4 Å². The van der Waals surface area contributed by atoms with Crippen molar-refractivity contribution in [3.8, 4) is 5.88 Å². The minimum Gasteiger partial charge on any atom is -0.481 e. The van der Waals surface area contributed by atoms with Gasteiger partial charge in [0, 0.05) is 38.0 Å². The predicted molar refractivity (Wildman–Crippen MR) is 113 cm³/mol. The van der Waals surface area contributed by atoms with Gasteiger partial charge in [0.2, 0.25) is 17.7 Å². The molecule has 1 amide bonds. The lowest BCUT2D eigenvalue weighted by atomic mass is 9.91. The van der Waals surface area contributed by atoms with Crippen molar-refractivity contribution in [1.29, 1.82) is 0 Å². The number of carboxylic acid groups (broad SMARTS) is 1. The lowest BCUT2D eigenvalue weighted by Gasteiger charge is -2.35. The van der Waals surface area contributed by atoms with Crippen molar-refractivity contribution in [3.05, 3.63) is 17.4 Å². The second kappa shape index (κ2) is 11.8. The van der Waals surface area contributed by atoms with Crippen molar-refractivity contribution in [2.45, 2.75) is 69.3 Å². The second-order valence-corrected chi connectivity index (χ2v) is 8.33. The molecule has 1 saturated carbocycles. The summed E-state index contributed by atoms with van der Waals surface area (Å²) in [6.45, 7) is 0.912. The van der Waals surface area contributed by atoms with E-state index in [1.807, 2.05) is 0 Å². The van der Waals surface area contributed by atoms with E-state index in [0.717, 1.165) is 19.4 Å². The zero-order chi connectivity index (χ0) is 26.4. The smallest absolute Gasteiger partial charge is 0.481 e. The van der Waals surface area contributed by atoms with E-state index in [2.05, 4.69) is 15.6 Å². The number of anilines is 1. The monoisotopic (exact) mass is 514 g/mol. The summed E-state index contributed by atoms with van der Waals surface area (Å²) in [6, 6.07) is 0.862. The zero-order valence-corrected chi connectivity index (χ0v) is 19.2. The number of alkyl halides is 5. The quantitative estimate of drug-likeness (QED) is 0.501. The summed E-state index contributed by atoms with van der Waals surface area (Å²) in [6.07, 6.45) is -3.22. The predicted octanol–water partition coefficient (Wildman–Crippen LogP) is 3.24. The number of carbonyl (C=O) groups excluding carboxylic acids is 1. The fourth-order valence-corrected chi connectivity index (χ4v) is 3.85. The number of nitrogens with one attached hydrogen (secondary N) is 2. The standard InChI is InChI=1S/C19H27F3N4O2.C2HF3O2/c1-26(13-5-7-19(21,22)8-6-13)16-14(20)10-12(18(25-16)28-2)11-24-17(27)15-4-3-9-23-15;3-2(4,5)1(6)7/h10,13,15,23H,3-9,11H2,1-2H3,(H,24,27);(H,6,7)/t15-;/m0./s1. The summed E-state index contributed by atoms with van der Waals surface area (Å²) < 4.78 is 78.5. The molecule has 3 N–H and O–H groups in total. The van der Waals surface area contributed by atoms with Crippen molar-refractivity contribution in [2.75, 3.05) is 25.6 Å². The van der Waals surface area contributed by atoms with Gasteiger partial charge in [-0.3, -0.25) is 4.79 Å². The molecule has 8 nitrogen and oxygen atoms in total. The molecule has 198 valence electrons. The van der Waals surface area contributed by atoms with Gasteiger partial charge in [0.15, 0.2) is 11.6 Å². The first-order chi connectivity index (χ1) is 16.2. The Bertz CT molecular complexity index is 883. The summed E-state index contributed by atoms with van der Waals surface area (Å²) in [5.41, 5.74) is 0.429. The van der Waals surface area contributed by atoms with Crippen LogP contribution in [0.3, 0.4) is 0 Å². The maximum atomic E-state index is 14.7. The van der Waals surface area contributed by atoms with E-state index in [1.165, 1.54) is 13.2 Å². The molecule has 2 aliphatic rings. The molecule has 2 heterocycles. The lowest BCUT2D eigenvalue weighted by molar-refractivity contribution is -0.192. The fourth-order valence-electron chi connectivity index (χ4n) is 3.85. The van der Waals surface area contributed by atoms with Crippen LogP contribution in [0, 0.1) is 5.82 Å². The van der Waals surface area contributed by atoms with E-state index in [-0.39, 0.29) is 61.9 Å². The molecule has 0 unspecified atom stereocenters. The van der Waals surface area contributed by atoms with Gasteiger partial charge in [0.1, 0.15) is 0 Å². The largest absolute Gasteiger partial charge is 0.490 e. The number of pyridine rings is 1. The van der Waals surface area contributed by atoms with Gasteiger partial charge in [-0.25, -0.2) is 18.0 Å². The molecular formula is C21H28F6N4O4. The van der Waals surface area contributed by atoms with Crippen LogP contribution in [0.15, 0.2) is 6.07 Å². The summed E-state index contributed by atoms with van der Waals surface area (Å²) >= 11 is 0. The fraction of sp³-hybridized carbons (Fsp3) is 0.667. The minimum atomic E-state index is -5.08. The van der Waals surface area contributed by atoms with Gasteiger partial charge in [-0.1, -0.05) is 0 Å². The number of carbonyl (C=O) groups is 2. The first kappa shape index (κ1) is 28.5. The number of amides is 1. The van der Waals surface area contributed by atoms with Gasteiger partial charge in [0.05, 0.1) is 13.2 Å². The third-order valence-corrected chi connectivity index (χ3v) is 5.83. The molecule has 35 heavy (non-hydrogen) atoms. The van der Waals surface area contributed by atoms with Crippen LogP contribution < -0.4 is 20.3 Å². The van der Waals surface area contributed by atoms with Crippen molar-refractivity contribution >= 4 is 17.7 Å². The highest BCUT2D eigenvalue weighted by Crippen LogP contribution is 2.36. The number of aromatic nitrogens is 1. The molecule has 3 rings (SSSR count). The van der Waals surface area contributed by atoms with Crippen molar-refractivity contribution in [2.24, 2.45) is 0 Å². The Balaban J connectivity index is 0.000000540. The van der Waals surface area contributed by atoms with Gasteiger partial charge >= 0.3 is 12.1 Å². The highest BCUT2D eigenvalue weighted by atomic mass is 19.4. The van der Waals surface area contributed by atoms with E-state index in [0.29, 0.717) is 5.56 Å². The first-order valence-corrected chi connectivity index (χ1v) is 10.9. The molecule has 1 aliphatic heterocycles. The number of hydrogen-bond acceptors (Lipinski definition) is 6. The van der Waals surface area contributed by atoms with Crippen LogP contribution in [0.1, 0.15) is 44.1 Å². The molecule has 0 aromatic carbocycles. The molecular weight excluding hydrogens is 486 g/mol. The van der Waals surface area contributed by atoms with Crippen molar-refractivity contribution in [3.63, 3.8) is 0 Å². The molecule has 1 aromatic heterocycles. The normalized spacial score (nSPS) is 19.9. The van der Waals surface area contributed by atoms with Crippen LogP contribution in [-0.2, 0) is 16.1 Å². The van der Waals surface area contributed by atoms with Crippen LogP contribution in [0.4, 0.5) is 32.2 Å². The summed E-state index contributed by atoms with van der Waals surface area (Å²) in [4.78, 5) is 26.9. The Kier molecular flexibility index (Phi) is 9.58. The Labute approximate surface area is 198 Å². The van der Waals surface area contributed by atoms with Crippen LogP contribution >= 0.6 is 0 Å². The summed E-state index contributed by atoms with van der Waals surface area (Å²) in [7, 11) is 3.08. The average Bonchev–Trinajstić information content (AvgIpc) is 3.32. The Morgan fingerprint density at radius 1 is 1.29 bits per heavy atom. The molecule has 0 spiro atoms. The molecule has 1 saturated heterocycles. The molecule has 14 heteroatoms. The van der Waals surface area contributed by atoms with E-state index in [4.69, 9.17) is 14.6 Å². The highest BCUT2D eigenvalue weighted by molar-refractivity contribution is 5.82. The zero-order valence-electron chi connectivity index (χ0n) is 19.2.